The van der Waals surface area contributed by atoms with Crippen LogP contribution in [0.4, 0.5) is 13.2 Å². The Morgan fingerprint density at radius 3 is 2.63 bits per heavy atom. The lowest BCUT2D eigenvalue weighted by Crippen LogP contribution is -2.36. The Hall–Kier alpha value is -4.51. The summed E-state index contributed by atoms with van der Waals surface area (Å²) >= 11 is 0. The molecule has 1 fully saturated rings. The van der Waals surface area contributed by atoms with Crippen LogP contribution in [0.3, 0.4) is 0 Å². The Bertz CT molecular complexity index is 1720. The molecule has 3 atom stereocenters. The van der Waals surface area contributed by atoms with E-state index in [2.05, 4.69) is 25.1 Å². The fourth-order valence-corrected chi connectivity index (χ4v) is 6.32. The smallest absolute Gasteiger partial charge is 0.406 e. The summed E-state index contributed by atoms with van der Waals surface area (Å²) in [5, 5.41) is 6.87. The van der Waals surface area contributed by atoms with E-state index in [0.29, 0.717) is 49.6 Å². The van der Waals surface area contributed by atoms with E-state index in [1.807, 2.05) is 49.4 Å². The molecule has 1 amide bonds. The molecule has 0 bridgehead atoms. The van der Waals surface area contributed by atoms with Crippen molar-refractivity contribution in [2.45, 2.75) is 64.4 Å². The van der Waals surface area contributed by atoms with Gasteiger partial charge in [-0.15, -0.1) is 13.2 Å². The van der Waals surface area contributed by atoms with Crippen molar-refractivity contribution in [2.75, 3.05) is 13.1 Å². The Balaban J connectivity index is 1.20. The van der Waals surface area contributed by atoms with Gasteiger partial charge in [0, 0.05) is 26.1 Å². The molecule has 11 heteroatoms. The van der Waals surface area contributed by atoms with Gasteiger partial charge in [0.25, 0.3) is 0 Å². The summed E-state index contributed by atoms with van der Waals surface area (Å²) in [4.78, 5) is 32.6. The maximum absolute atomic E-state index is 13.2. The number of hydrogen-bond donors (Lipinski definition) is 1. The molecule has 1 aliphatic heterocycles. The second-order valence-electron chi connectivity index (χ2n) is 12.2. The lowest BCUT2D eigenvalue weighted by molar-refractivity contribution is -0.274. The van der Waals surface area contributed by atoms with Crippen LogP contribution in [0.2, 0.25) is 0 Å². The minimum atomic E-state index is -4.80. The molecule has 8 nitrogen and oxygen atoms in total. The monoisotopic (exact) mass is 632 g/mol. The standard InChI is InChI=1S/C35H35F3N4O4/c1-21(23-7-4-3-5-8-23)15-26(43)19-42-14-13-29-28(24-9-6-10-27(16-24)45-35(36,37)38)12-11-25(32(29)20-42)18-39-33(44)30-17-31(30)34-40-22(2)41-46-34/h3-12,16,21,30-31H,13-15,17-20H2,1-2H3,(H,39,44)/t21-,30?,31?/m0/s1. The van der Waals surface area contributed by atoms with Crippen molar-refractivity contribution in [1.82, 2.24) is 20.4 Å². The van der Waals surface area contributed by atoms with Gasteiger partial charge in [0.2, 0.25) is 11.8 Å². The SMILES string of the molecule is Cc1noc(C2CC2C(=O)NCc2ccc(-c3cccc(OC(F)(F)F)c3)c3c2CN(CC(=O)C[C@H](C)c2ccccc2)CC3)n1. The molecule has 1 N–H and O–H groups in total. The van der Waals surface area contributed by atoms with E-state index in [9.17, 15) is 22.8 Å². The molecule has 46 heavy (non-hydrogen) atoms. The van der Waals surface area contributed by atoms with Crippen LogP contribution < -0.4 is 10.1 Å². The quantitative estimate of drug-likeness (QED) is 0.202. The summed E-state index contributed by atoms with van der Waals surface area (Å²) in [5.74, 6) is 0.499. The van der Waals surface area contributed by atoms with Crippen molar-refractivity contribution in [3.63, 3.8) is 0 Å². The number of ether oxygens (including phenoxy) is 1. The fraction of sp³-hybridized carbons (Fsp3) is 0.371. The Morgan fingerprint density at radius 1 is 1.09 bits per heavy atom. The van der Waals surface area contributed by atoms with E-state index in [-0.39, 0.29) is 48.3 Å². The zero-order valence-electron chi connectivity index (χ0n) is 25.6. The number of hydrogen-bond acceptors (Lipinski definition) is 7. The van der Waals surface area contributed by atoms with E-state index in [0.717, 1.165) is 27.8 Å². The number of carbonyl (C=O) groups is 2. The van der Waals surface area contributed by atoms with Gasteiger partial charge in [-0.05, 0) is 71.2 Å². The van der Waals surface area contributed by atoms with Crippen LogP contribution in [0.15, 0.2) is 71.3 Å². The van der Waals surface area contributed by atoms with Gasteiger partial charge >= 0.3 is 6.36 Å². The number of nitrogens with zero attached hydrogens (tertiary/aromatic N) is 3. The summed E-state index contributed by atoms with van der Waals surface area (Å²) in [6.45, 7) is 5.44. The summed E-state index contributed by atoms with van der Waals surface area (Å²) < 4.78 is 48.3. The Labute approximate surface area is 264 Å². The van der Waals surface area contributed by atoms with Gasteiger partial charge in [0.05, 0.1) is 18.4 Å². The maximum atomic E-state index is 13.2. The number of alkyl halides is 3. The molecule has 0 saturated heterocycles. The number of ketones is 1. The molecule has 0 radical (unpaired) electrons. The fourth-order valence-electron chi connectivity index (χ4n) is 6.32. The molecule has 6 rings (SSSR count). The summed E-state index contributed by atoms with van der Waals surface area (Å²) in [6.07, 6.45) is -3.14. The summed E-state index contributed by atoms with van der Waals surface area (Å²) in [5.41, 5.74) is 5.38. The van der Waals surface area contributed by atoms with Gasteiger partial charge < -0.3 is 14.6 Å². The summed E-state index contributed by atoms with van der Waals surface area (Å²) in [7, 11) is 0. The Morgan fingerprint density at radius 2 is 1.89 bits per heavy atom. The molecule has 0 spiro atoms. The highest BCUT2D eigenvalue weighted by Gasteiger charge is 2.47. The number of fused-ring (bicyclic) bond motifs is 1. The second kappa shape index (κ2) is 13.1. The third-order valence-electron chi connectivity index (χ3n) is 8.71. The topological polar surface area (TPSA) is 97.6 Å². The van der Waals surface area contributed by atoms with Gasteiger partial charge in [-0.1, -0.05) is 66.7 Å². The molecule has 1 saturated carbocycles. The maximum Gasteiger partial charge on any atom is 0.573 e. The predicted octanol–water partition coefficient (Wildman–Crippen LogP) is 6.48. The lowest BCUT2D eigenvalue weighted by Gasteiger charge is -2.32. The molecular weight excluding hydrogens is 597 g/mol. The van der Waals surface area contributed by atoms with Crippen LogP contribution in [0.1, 0.15) is 65.6 Å². The first-order chi connectivity index (χ1) is 22.0. The first-order valence-electron chi connectivity index (χ1n) is 15.4. The van der Waals surface area contributed by atoms with E-state index in [1.165, 1.54) is 18.2 Å². The molecular formula is C35H35F3N4O4. The van der Waals surface area contributed by atoms with Gasteiger partial charge in [0.1, 0.15) is 11.5 Å². The van der Waals surface area contributed by atoms with Crippen molar-refractivity contribution in [3.8, 4) is 16.9 Å². The summed E-state index contributed by atoms with van der Waals surface area (Å²) in [6, 6.07) is 19.7. The van der Waals surface area contributed by atoms with Gasteiger partial charge in [-0.2, -0.15) is 4.98 Å². The zero-order valence-corrected chi connectivity index (χ0v) is 25.6. The van der Waals surface area contributed by atoms with Crippen molar-refractivity contribution in [1.29, 1.82) is 0 Å². The average Bonchev–Trinajstić information content (AvgIpc) is 3.71. The minimum absolute atomic E-state index is 0.0940. The number of aromatic nitrogens is 2. The van der Waals surface area contributed by atoms with Crippen LogP contribution in [0, 0.1) is 12.8 Å². The number of Topliss-reactive ketones (excluding diaryl/α,β-unsaturated/α-hetero) is 1. The highest BCUT2D eigenvalue weighted by atomic mass is 19.4. The number of rotatable bonds is 11. The van der Waals surface area contributed by atoms with Crippen molar-refractivity contribution >= 4 is 11.7 Å². The molecule has 1 aliphatic carbocycles. The molecule has 2 unspecified atom stereocenters. The first kappa shape index (κ1) is 31.5. The van der Waals surface area contributed by atoms with Gasteiger partial charge in [-0.3, -0.25) is 14.5 Å². The van der Waals surface area contributed by atoms with Crippen molar-refractivity contribution < 1.29 is 32.0 Å². The number of aryl methyl sites for hydroxylation is 1. The van der Waals surface area contributed by atoms with E-state index < -0.39 is 6.36 Å². The lowest BCUT2D eigenvalue weighted by atomic mass is 9.87. The largest absolute Gasteiger partial charge is 0.573 e. The minimum Gasteiger partial charge on any atom is -0.406 e. The van der Waals surface area contributed by atoms with E-state index in [1.54, 1.807) is 13.0 Å². The molecule has 1 aromatic heterocycles. The third-order valence-corrected chi connectivity index (χ3v) is 8.71. The third kappa shape index (κ3) is 7.47. The predicted molar refractivity (Wildman–Crippen MR) is 164 cm³/mol. The molecule has 240 valence electrons. The Kier molecular flexibility index (Phi) is 8.95. The number of carbonyl (C=O) groups excluding carboxylic acids is 2. The highest BCUT2D eigenvalue weighted by molar-refractivity contribution is 5.83. The van der Waals surface area contributed by atoms with Gasteiger partial charge in [-0.25, -0.2) is 0 Å². The van der Waals surface area contributed by atoms with Crippen LogP contribution in [-0.4, -0.2) is 46.2 Å². The van der Waals surface area contributed by atoms with Gasteiger partial charge in [0.15, 0.2) is 5.82 Å². The molecule has 2 heterocycles. The average molecular weight is 633 g/mol. The van der Waals surface area contributed by atoms with E-state index in [4.69, 9.17) is 4.52 Å². The zero-order chi connectivity index (χ0) is 32.4. The number of nitrogens with one attached hydrogen (secondary N) is 1. The number of benzene rings is 3. The molecule has 4 aromatic rings. The van der Waals surface area contributed by atoms with Crippen LogP contribution >= 0.6 is 0 Å². The molecule has 3 aromatic carbocycles. The molecule has 2 aliphatic rings. The normalized spacial score (nSPS) is 18.5. The second-order valence-corrected chi connectivity index (χ2v) is 12.2. The van der Waals surface area contributed by atoms with Crippen molar-refractivity contribution in [3.05, 3.63) is 101 Å². The van der Waals surface area contributed by atoms with Crippen LogP contribution in [0.25, 0.3) is 11.1 Å². The van der Waals surface area contributed by atoms with E-state index >= 15 is 0 Å². The van der Waals surface area contributed by atoms with Crippen LogP contribution in [-0.2, 0) is 29.1 Å². The highest BCUT2D eigenvalue weighted by Crippen LogP contribution is 2.47. The van der Waals surface area contributed by atoms with Crippen molar-refractivity contribution in [2.24, 2.45) is 5.92 Å². The first-order valence-corrected chi connectivity index (χ1v) is 15.4. The number of amides is 1. The van der Waals surface area contributed by atoms with Crippen LogP contribution in [0.5, 0.6) is 5.75 Å². The number of halogens is 3.